The van der Waals surface area contributed by atoms with E-state index >= 15 is 0 Å². The van der Waals surface area contributed by atoms with Crippen LogP contribution in [0.3, 0.4) is 0 Å². The average molecular weight is 559 g/mol. The first-order chi connectivity index (χ1) is 18.7. The third-order valence-electron chi connectivity index (χ3n) is 7.68. The summed E-state index contributed by atoms with van der Waals surface area (Å²) in [5.74, 6) is 0.506. The van der Waals surface area contributed by atoms with Gasteiger partial charge in [0.1, 0.15) is 0 Å². The van der Waals surface area contributed by atoms with Gasteiger partial charge in [0.25, 0.3) is 0 Å². The molecule has 1 spiro atoms. The summed E-state index contributed by atoms with van der Waals surface area (Å²) in [6.45, 7) is 4.38. The number of pyridine rings is 1. The van der Waals surface area contributed by atoms with E-state index in [2.05, 4.69) is 11.1 Å². The van der Waals surface area contributed by atoms with Gasteiger partial charge in [-0.25, -0.2) is 4.98 Å². The number of hydrogen-bond acceptors (Lipinski definition) is 5. The van der Waals surface area contributed by atoms with Crippen molar-refractivity contribution in [3.05, 3.63) is 70.9 Å². The van der Waals surface area contributed by atoms with E-state index < -0.39 is 11.7 Å². The SMILES string of the molecule is CCOc1ncccc1-c1ccc2c(c1)N(C(=O)CCN)CC21CCN(c2ccc(C(F)(F)F)cc2Cl)CC1. The molecule has 0 aliphatic carbocycles. The zero-order valence-electron chi connectivity index (χ0n) is 21.6. The molecule has 206 valence electrons. The number of nitrogens with two attached hydrogens (primary N) is 1. The number of fused-ring (bicyclic) bond motifs is 2. The first-order valence-electron chi connectivity index (χ1n) is 13.0. The average Bonchev–Trinajstić information content (AvgIpc) is 3.23. The number of carbonyl (C=O) groups is 1. The van der Waals surface area contributed by atoms with Crippen molar-refractivity contribution in [1.29, 1.82) is 0 Å². The molecule has 6 nitrogen and oxygen atoms in total. The van der Waals surface area contributed by atoms with Crippen molar-refractivity contribution in [1.82, 2.24) is 4.98 Å². The normalized spacial score (nSPS) is 16.5. The van der Waals surface area contributed by atoms with Crippen LogP contribution in [0.2, 0.25) is 5.02 Å². The van der Waals surface area contributed by atoms with E-state index in [1.165, 1.54) is 6.07 Å². The van der Waals surface area contributed by atoms with Crippen LogP contribution >= 0.6 is 11.6 Å². The van der Waals surface area contributed by atoms with Crippen LogP contribution in [0.5, 0.6) is 5.88 Å². The van der Waals surface area contributed by atoms with Crippen LogP contribution in [0, 0.1) is 0 Å². The Labute approximate surface area is 230 Å². The standard InChI is InChI=1S/C29H30ClF3N4O2/c1-2-39-27-21(4-3-13-35-27)19-5-7-22-25(16-19)37(26(38)9-12-34)18-28(22)10-14-36(15-11-28)24-8-6-20(17-23(24)30)29(31,32)33/h3-8,13,16-17H,2,9-12,14-15,18,34H2,1H3. The Bertz CT molecular complexity index is 1370. The molecule has 10 heteroatoms. The largest absolute Gasteiger partial charge is 0.478 e. The summed E-state index contributed by atoms with van der Waals surface area (Å²) < 4.78 is 45.1. The molecule has 1 saturated heterocycles. The molecular weight excluding hydrogens is 529 g/mol. The summed E-state index contributed by atoms with van der Waals surface area (Å²) in [4.78, 5) is 21.4. The van der Waals surface area contributed by atoms with E-state index in [1.54, 1.807) is 6.20 Å². The minimum atomic E-state index is -4.45. The van der Waals surface area contributed by atoms with Crippen molar-refractivity contribution in [2.24, 2.45) is 5.73 Å². The lowest BCUT2D eigenvalue weighted by Crippen LogP contribution is -2.46. The first kappa shape index (κ1) is 27.3. The maximum absolute atomic E-state index is 13.2. The van der Waals surface area contributed by atoms with E-state index in [4.69, 9.17) is 22.1 Å². The van der Waals surface area contributed by atoms with Gasteiger partial charge < -0.3 is 20.3 Å². The minimum absolute atomic E-state index is 0.0304. The number of anilines is 2. The highest BCUT2D eigenvalue weighted by Gasteiger charge is 2.46. The van der Waals surface area contributed by atoms with E-state index in [1.807, 2.05) is 41.0 Å². The quantitative estimate of drug-likeness (QED) is 0.398. The second kappa shape index (κ2) is 10.7. The fourth-order valence-electron chi connectivity index (χ4n) is 5.73. The van der Waals surface area contributed by atoms with Crippen molar-refractivity contribution >= 4 is 28.9 Å². The van der Waals surface area contributed by atoms with Crippen molar-refractivity contribution in [2.45, 2.75) is 37.8 Å². The van der Waals surface area contributed by atoms with Gasteiger partial charge in [-0.3, -0.25) is 4.79 Å². The van der Waals surface area contributed by atoms with Crippen LogP contribution in [0.4, 0.5) is 24.5 Å². The molecule has 0 atom stereocenters. The molecule has 1 amide bonds. The molecule has 1 aromatic heterocycles. The maximum atomic E-state index is 13.2. The number of benzene rings is 2. The number of carbonyl (C=O) groups excluding carboxylic acids is 1. The zero-order valence-corrected chi connectivity index (χ0v) is 22.4. The molecule has 5 rings (SSSR count). The number of ether oxygens (including phenoxy) is 1. The molecule has 0 bridgehead atoms. The Hall–Kier alpha value is -3.30. The zero-order chi connectivity index (χ0) is 27.8. The molecule has 2 aliphatic rings. The van der Waals surface area contributed by atoms with E-state index in [-0.39, 0.29) is 29.3 Å². The maximum Gasteiger partial charge on any atom is 0.416 e. The highest BCUT2D eigenvalue weighted by atomic mass is 35.5. The number of aromatic nitrogens is 1. The van der Waals surface area contributed by atoms with Gasteiger partial charge in [0, 0.05) is 55.5 Å². The Morgan fingerprint density at radius 2 is 1.90 bits per heavy atom. The number of hydrogen-bond donors (Lipinski definition) is 1. The number of nitrogens with zero attached hydrogens (tertiary/aromatic N) is 3. The fourth-order valence-corrected chi connectivity index (χ4v) is 6.03. The topological polar surface area (TPSA) is 71.7 Å². The van der Waals surface area contributed by atoms with E-state index in [9.17, 15) is 18.0 Å². The lowest BCUT2D eigenvalue weighted by Gasteiger charge is -2.41. The van der Waals surface area contributed by atoms with Crippen LogP contribution in [-0.2, 0) is 16.4 Å². The van der Waals surface area contributed by atoms with Crippen molar-refractivity contribution in [2.75, 3.05) is 42.6 Å². The van der Waals surface area contributed by atoms with Gasteiger partial charge in [-0.15, -0.1) is 0 Å². The van der Waals surface area contributed by atoms with Crippen molar-refractivity contribution in [3.8, 4) is 17.0 Å². The molecule has 1 fully saturated rings. The predicted octanol–water partition coefficient (Wildman–Crippen LogP) is 6.05. The lowest BCUT2D eigenvalue weighted by atomic mass is 9.74. The van der Waals surface area contributed by atoms with Crippen LogP contribution in [0.25, 0.3) is 11.1 Å². The molecule has 0 unspecified atom stereocenters. The fraction of sp³-hybridized carbons (Fsp3) is 0.379. The number of halogens is 4. The van der Waals surface area contributed by atoms with Crippen molar-refractivity contribution in [3.63, 3.8) is 0 Å². The van der Waals surface area contributed by atoms with Gasteiger partial charge >= 0.3 is 6.18 Å². The Balaban J connectivity index is 1.45. The highest BCUT2D eigenvalue weighted by Crippen LogP contribution is 2.49. The first-order valence-corrected chi connectivity index (χ1v) is 13.4. The summed E-state index contributed by atoms with van der Waals surface area (Å²) in [5, 5.41) is 0.0820. The van der Waals surface area contributed by atoms with Crippen molar-refractivity contribution < 1.29 is 22.7 Å². The number of amides is 1. The van der Waals surface area contributed by atoms with Crippen LogP contribution in [-0.4, -0.2) is 43.7 Å². The molecule has 2 aromatic carbocycles. The third-order valence-corrected chi connectivity index (χ3v) is 7.98. The third kappa shape index (κ3) is 5.17. The van der Waals surface area contributed by atoms with E-state index in [0.717, 1.165) is 47.4 Å². The molecule has 3 heterocycles. The monoisotopic (exact) mass is 558 g/mol. The molecular formula is C29H30ClF3N4O2. The second-order valence-electron chi connectivity index (χ2n) is 9.97. The van der Waals surface area contributed by atoms with Gasteiger partial charge in [0.15, 0.2) is 0 Å². The second-order valence-corrected chi connectivity index (χ2v) is 10.4. The summed E-state index contributed by atoms with van der Waals surface area (Å²) in [7, 11) is 0. The smallest absolute Gasteiger partial charge is 0.416 e. The number of alkyl halides is 3. The summed E-state index contributed by atoms with van der Waals surface area (Å²) in [5.41, 5.74) is 8.99. The molecule has 0 saturated carbocycles. The Morgan fingerprint density at radius 1 is 1.13 bits per heavy atom. The Kier molecular flexibility index (Phi) is 7.48. The van der Waals surface area contributed by atoms with Gasteiger partial charge in [-0.2, -0.15) is 13.2 Å². The van der Waals surface area contributed by atoms with Gasteiger partial charge in [0.2, 0.25) is 11.8 Å². The van der Waals surface area contributed by atoms with E-state index in [0.29, 0.717) is 37.8 Å². The minimum Gasteiger partial charge on any atom is -0.478 e. The number of piperidine rings is 1. The Morgan fingerprint density at radius 3 is 2.56 bits per heavy atom. The number of rotatable bonds is 6. The molecule has 0 radical (unpaired) electrons. The summed E-state index contributed by atoms with van der Waals surface area (Å²) >= 11 is 6.29. The van der Waals surface area contributed by atoms with Crippen LogP contribution in [0.1, 0.15) is 37.3 Å². The molecule has 3 aromatic rings. The van der Waals surface area contributed by atoms with Crippen LogP contribution < -0.4 is 20.3 Å². The molecule has 2 N–H and O–H groups in total. The van der Waals surface area contributed by atoms with Gasteiger partial charge in [0.05, 0.1) is 22.9 Å². The predicted molar refractivity (Wildman–Crippen MR) is 146 cm³/mol. The molecule has 39 heavy (non-hydrogen) atoms. The lowest BCUT2D eigenvalue weighted by molar-refractivity contribution is -0.137. The molecule has 2 aliphatic heterocycles. The summed E-state index contributed by atoms with van der Waals surface area (Å²) in [6, 6.07) is 13.4. The summed E-state index contributed by atoms with van der Waals surface area (Å²) in [6.07, 6.45) is -1.07. The van der Waals surface area contributed by atoms with Gasteiger partial charge in [-0.1, -0.05) is 23.7 Å². The van der Waals surface area contributed by atoms with Gasteiger partial charge in [-0.05, 0) is 67.3 Å². The van der Waals surface area contributed by atoms with Crippen LogP contribution in [0.15, 0.2) is 54.7 Å². The highest BCUT2D eigenvalue weighted by molar-refractivity contribution is 6.33.